The van der Waals surface area contributed by atoms with E-state index in [1.165, 1.54) is 14.2 Å². The monoisotopic (exact) mass is 292 g/mol. The maximum Gasteiger partial charge on any atom is 0.341 e. The SMILES string of the molecule is COC(=O)/C=C(/C(=O)OC)C(=NC(C)(C)C)n1cccc1. The number of carbonyl (C=O) groups excluding carboxylic acids is 2. The highest BCUT2D eigenvalue weighted by Gasteiger charge is 2.22. The molecule has 1 aromatic rings. The molecule has 0 radical (unpaired) electrons. The molecule has 6 nitrogen and oxygen atoms in total. The predicted molar refractivity (Wildman–Crippen MR) is 79.1 cm³/mol. The average molecular weight is 292 g/mol. The Labute approximate surface area is 124 Å². The first-order valence-electron chi connectivity index (χ1n) is 6.40. The van der Waals surface area contributed by atoms with Gasteiger partial charge in [0.15, 0.2) is 0 Å². The summed E-state index contributed by atoms with van der Waals surface area (Å²) >= 11 is 0. The van der Waals surface area contributed by atoms with E-state index in [-0.39, 0.29) is 5.57 Å². The van der Waals surface area contributed by atoms with Gasteiger partial charge in [0.05, 0.1) is 19.8 Å². The van der Waals surface area contributed by atoms with Crippen molar-refractivity contribution in [3.63, 3.8) is 0 Å². The van der Waals surface area contributed by atoms with Crippen molar-refractivity contribution in [2.75, 3.05) is 14.2 Å². The summed E-state index contributed by atoms with van der Waals surface area (Å²) in [7, 11) is 2.49. The minimum Gasteiger partial charge on any atom is -0.466 e. The zero-order valence-electron chi connectivity index (χ0n) is 12.9. The van der Waals surface area contributed by atoms with Crippen molar-refractivity contribution >= 4 is 17.8 Å². The van der Waals surface area contributed by atoms with Gasteiger partial charge in [0.25, 0.3) is 0 Å². The van der Waals surface area contributed by atoms with Crippen molar-refractivity contribution in [2.45, 2.75) is 26.3 Å². The number of aromatic nitrogens is 1. The summed E-state index contributed by atoms with van der Waals surface area (Å²) in [4.78, 5) is 28.0. The van der Waals surface area contributed by atoms with E-state index in [1.807, 2.05) is 20.8 Å². The van der Waals surface area contributed by atoms with E-state index in [9.17, 15) is 9.59 Å². The van der Waals surface area contributed by atoms with E-state index < -0.39 is 17.5 Å². The van der Waals surface area contributed by atoms with Gasteiger partial charge in [0.2, 0.25) is 0 Å². The van der Waals surface area contributed by atoms with Gasteiger partial charge >= 0.3 is 11.9 Å². The molecule has 1 aromatic heterocycles. The highest BCUT2D eigenvalue weighted by molar-refractivity contribution is 6.22. The molecular weight excluding hydrogens is 272 g/mol. The maximum absolute atomic E-state index is 12.0. The van der Waals surface area contributed by atoms with Crippen LogP contribution in [-0.4, -0.2) is 42.1 Å². The first-order chi connectivity index (χ1) is 9.78. The predicted octanol–water partition coefficient (Wildman–Crippen LogP) is 1.81. The third-order valence-electron chi connectivity index (χ3n) is 2.40. The molecule has 1 heterocycles. The molecule has 114 valence electrons. The zero-order valence-corrected chi connectivity index (χ0v) is 12.9. The molecule has 0 spiro atoms. The summed E-state index contributed by atoms with van der Waals surface area (Å²) in [5, 5.41) is 0. The lowest BCUT2D eigenvalue weighted by Gasteiger charge is -2.18. The molecule has 1 rings (SSSR count). The van der Waals surface area contributed by atoms with Crippen LogP contribution in [0, 0.1) is 0 Å². The molecule has 0 aromatic carbocycles. The minimum absolute atomic E-state index is 0.0375. The van der Waals surface area contributed by atoms with Crippen LogP contribution >= 0.6 is 0 Å². The molecular formula is C15H20N2O4. The Morgan fingerprint density at radius 3 is 2.10 bits per heavy atom. The molecule has 0 unspecified atom stereocenters. The van der Waals surface area contributed by atoms with Crippen molar-refractivity contribution in [1.82, 2.24) is 4.57 Å². The van der Waals surface area contributed by atoms with Gasteiger partial charge in [0, 0.05) is 18.5 Å². The van der Waals surface area contributed by atoms with E-state index in [4.69, 9.17) is 4.74 Å². The molecule has 0 N–H and O–H groups in total. The van der Waals surface area contributed by atoms with E-state index in [2.05, 4.69) is 9.73 Å². The Balaban J connectivity index is 3.45. The molecule has 0 aliphatic carbocycles. The number of nitrogens with zero attached hydrogens (tertiary/aromatic N) is 2. The Morgan fingerprint density at radius 2 is 1.67 bits per heavy atom. The number of esters is 2. The fourth-order valence-electron chi connectivity index (χ4n) is 1.55. The van der Waals surface area contributed by atoms with Gasteiger partial charge in [-0.25, -0.2) is 9.59 Å². The molecule has 0 saturated carbocycles. The van der Waals surface area contributed by atoms with Crippen molar-refractivity contribution in [3.05, 3.63) is 36.2 Å². The Kier molecular flexibility index (Phi) is 5.46. The number of aliphatic imine (C=N–C) groups is 1. The quantitative estimate of drug-likeness (QED) is 0.369. The second kappa shape index (κ2) is 6.88. The number of hydrogen-bond acceptors (Lipinski definition) is 5. The van der Waals surface area contributed by atoms with E-state index in [0.717, 1.165) is 6.08 Å². The first-order valence-corrected chi connectivity index (χ1v) is 6.40. The van der Waals surface area contributed by atoms with Crippen LogP contribution in [-0.2, 0) is 19.1 Å². The van der Waals surface area contributed by atoms with Crippen LogP contribution in [0.2, 0.25) is 0 Å². The van der Waals surface area contributed by atoms with Crippen molar-refractivity contribution in [2.24, 2.45) is 4.99 Å². The Morgan fingerprint density at radius 1 is 1.10 bits per heavy atom. The van der Waals surface area contributed by atoms with Crippen LogP contribution < -0.4 is 0 Å². The van der Waals surface area contributed by atoms with E-state index in [0.29, 0.717) is 5.84 Å². The molecule has 21 heavy (non-hydrogen) atoms. The fourth-order valence-corrected chi connectivity index (χ4v) is 1.55. The van der Waals surface area contributed by atoms with E-state index in [1.54, 1.807) is 29.1 Å². The van der Waals surface area contributed by atoms with E-state index >= 15 is 0 Å². The fraction of sp³-hybridized carbons (Fsp3) is 0.400. The van der Waals surface area contributed by atoms with Crippen LogP contribution in [0.3, 0.4) is 0 Å². The molecule has 0 amide bonds. The van der Waals surface area contributed by atoms with Crippen LogP contribution in [0.25, 0.3) is 0 Å². The summed E-state index contributed by atoms with van der Waals surface area (Å²) in [6, 6.07) is 3.59. The number of ether oxygens (including phenoxy) is 2. The smallest absolute Gasteiger partial charge is 0.341 e. The Hall–Kier alpha value is -2.37. The first kappa shape index (κ1) is 16.7. The topological polar surface area (TPSA) is 69.9 Å². The zero-order chi connectivity index (χ0) is 16.0. The number of rotatable bonds is 3. The number of hydrogen-bond donors (Lipinski definition) is 0. The van der Waals surface area contributed by atoms with Crippen molar-refractivity contribution in [3.8, 4) is 0 Å². The largest absolute Gasteiger partial charge is 0.466 e. The van der Waals surface area contributed by atoms with Crippen LogP contribution in [0.5, 0.6) is 0 Å². The summed E-state index contributed by atoms with van der Waals surface area (Å²) < 4.78 is 11.0. The lowest BCUT2D eigenvalue weighted by Crippen LogP contribution is -2.26. The van der Waals surface area contributed by atoms with Crippen molar-refractivity contribution < 1.29 is 19.1 Å². The van der Waals surface area contributed by atoms with Crippen LogP contribution in [0.15, 0.2) is 41.2 Å². The third kappa shape index (κ3) is 4.91. The van der Waals surface area contributed by atoms with Crippen molar-refractivity contribution in [1.29, 1.82) is 0 Å². The summed E-state index contributed by atoms with van der Waals surface area (Å²) in [6.45, 7) is 5.68. The van der Waals surface area contributed by atoms with Gasteiger partial charge in [-0.1, -0.05) is 0 Å². The van der Waals surface area contributed by atoms with Gasteiger partial charge in [-0.15, -0.1) is 0 Å². The van der Waals surface area contributed by atoms with Gasteiger partial charge in [-0.2, -0.15) is 0 Å². The van der Waals surface area contributed by atoms with Crippen LogP contribution in [0.4, 0.5) is 0 Å². The highest BCUT2D eigenvalue weighted by atomic mass is 16.5. The Bertz CT molecular complexity index is 563. The average Bonchev–Trinajstić information content (AvgIpc) is 2.94. The molecule has 6 heteroatoms. The standard InChI is InChI=1S/C15H20N2O4/c1-15(2,3)16-13(17-8-6-7-9-17)11(14(19)21-5)10-12(18)20-4/h6-10H,1-5H3/b11-10+,16-13?. The third-order valence-corrected chi connectivity index (χ3v) is 2.40. The van der Waals surface area contributed by atoms with Gasteiger partial charge in [-0.3, -0.25) is 4.99 Å². The minimum atomic E-state index is -0.655. The summed E-state index contributed by atoms with van der Waals surface area (Å²) in [6.07, 6.45) is 4.55. The summed E-state index contributed by atoms with van der Waals surface area (Å²) in [5.41, 5.74) is -0.404. The molecule has 0 fully saturated rings. The van der Waals surface area contributed by atoms with Gasteiger partial charge in [0.1, 0.15) is 11.4 Å². The maximum atomic E-state index is 12.0. The summed E-state index contributed by atoms with van der Waals surface area (Å²) in [5.74, 6) is -0.981. The second-order valence-corrected chi connectivity index (χ2v) is 5.27. The molecule has 0 aliphatic rings. The lowest BCUT2D eigenvalue weighted by atomic mass is 10.1. The highest BCUT2D eigenvalue weighted by Crippen LogP contribution is 2.14. The second-order valence-electron chi connectivity index (χ2n) is 5.27. The molecule has 0 aliphatic heterocycles. The lowest BCUT2D eigenvalue weighted by molar-refractivity contribution is -0.138. The normalized spacial score (nSPS) is 13.0. The van der Waals surface area contributed by atoms with Gasteiger partial charge in [-0.05, 0) is 32.9 Å². The molecule has 0 bridgehead atoms. The molecule has 0 atom stereocenters. The number of methoxy groups -OCH3 is 2. The van der Waals surface area contributed by atoms with Gasteiger partial charge < -0.3 is 14.0 Å². The number of carbonyl (C=O) groups is 2. The van der Waals surface area contributed by atoms with Crippen LogP contribution in [0.1, 0.15) is 20.8 Å². The molecule has 0 saturated heterocycles.